The number of esters is 1. The highest BCUT2D eigenvalue weighted by Crippen LogP contribution is 2.57. The van der Waals surface area contributed by atoms with Crippen LogP contribution in [0.3, 0.4) is 0 Å². The van der Waals surface area contributed by atoms with Gasteiger partial charge in [0.1, 0.15) is 5.16 Å². The molecule has 0 aromatic rings. The zero-order valence-electron chi connectivity index (χ0n) is 36.7. The molecule has 302 valence electrons. The highest BCUT2D eigenvalue weighted by molar-refractivity contribution is 7.50. The van der Waals surface area contributed by atoms with Crippen LogP contribution in [0.4, 0.5) is 0 Å². The summed E-state index contributed by atoms with van der Waals surface area (Å²) in [6.07, 6.45) is 32.5. The first-order valence-corrected chi connectivity index (χ1v) is 21.8. The lowest BCUT2D eigenvalue weighted by Crippen LogP contribution is -2.39. The molecule has 0 rings (SSSR count). The number of ether oxygens (including phenoxy) is 1. The smallest absolute Gasteiger partial charge is 0.321 e. The van der Waals surface area contributed by atoms with Crippen LogP contribution in [0.1, 0.15) is 180 Å². The van der Waals surface area contributed by atoms with Crippen molar-refractivity contribution in [3.8, 4) is 0 Å². The van der Waals surface area contributed by atoms with Gasteiger partial charge in [-0.1, -0.05) is 93.2 Å². The molecule has 53 heavy (non-hydrogen) atoms. The van der Waals surface area contributed by atoms with Crippen molar-refractivity contribution in [2.75, 3.05) is 19.8 Å². The van der Waals surface area contributed by atoms with Gasteiger partial charge in [0.25, 0.3) is 0 Å². The summed E-state index contributed by atoms with van der Waals surface area (Å²) in [5.41, 5.74) is 11.2. The van der Waals surface area contributed by atoms with E-state index in [9.17, 15) is 4.79 Å². The molecular weight excluding hydrogens is 671 g/mol. The van der Waals surface area contributed by atoms with Gasteiger partial charge in [0, 0.05) is 0 Å². The highest BCUT2D eigenvalue weighted by atomic mass is 31.2. The van der Waals surface area contributed by atoms with E-state index in [-0.39, 0.29) is 5.97 Å². The maximum Gasteiger partial charge on any atom is 0.321 e. The van der Waals surface area contributed by atoms with Gasteiger partial charge in [-0.25, -0.2) is 0 Å². The molecule has 4 nitrogen and oxygen atoms in total. The number of hydrogen-bond donors (Lipinski definition) is 0. The summed E-state index contributed by atoms with van der Waals surface area (Å²) in [6.45, 7) is 29.1. The van der Waals surface area contributed by atoms with Crippen LogP contribution >= 0.6 is 8.38 Å². The lowest BCUT2D eigenvalue weighted by atomic mass is 9.95. The van der Waals surface area contributed by atoms with Gasteiger partial charge in [-0.3, -0.25) is 4.79 Å². The summed E-state index contributed by atoms with van der Waals surface area (Å²) in [4.78, 5) is 13.9. The maximum atomic E-state index is 13.9. The van der Waals surface area contributed by atoms with Crippen molar-refractivity contribution in [2.24, 2.45) is 0 Å². The van der Waals surface area contributed by atoms with E-state index in [2.05, 4.69) is 118 Å². The molecule has 0 fully saturated rings. The van der Waals surface area contributed by atoms with E-state index < -0.39 is 13.5 Å². The number of hydrogen-bond acceptors (Lipinski definition) is 4. The molecule has 0 heterocycles. The molecule has 0 spiro atoms. The van der Waals surface area contributed by atoms with Crippen molar-refractivity contribution in [3.05, 3.63) is 93.2 Å². The SMILES string of the molecule is CCOC(=O)C(C/C=C(\C)CC/C=C(\C)CC/C=C(\C)CCC=C(C)C)(C/C=C(\C)CC/C=C(\C)CC/C=C(\C)CCC=C(C)C)P(OCC)OCC. The zero-order chi connectivity index (χ0) is 40.1. The average molecular weight is 753 g/mol. The average Bonchev–Trinajstić information content (AvgIpc) is 3.08. The van der Waals surface area contributed by atoms with Crippen molar-refractivity contribution < 1.29 is 18.6 Å². The van der Waals surface area contributed by atoms with E-state index in [1.54, 1.807) is 0 Å². The Bertz CT molecular complexity index is 1190. The first kappa shape index (κ1) is 50.7. The van der Waals surface area contributed by atoms with Crippen molar-refractivity contribution in [2.45, 2.75) is 185 Å². The molecular formula is C48H81O4P. The molecule has 0 N–H and O–H groups in total. The Hall–Kier alpha value is -2.26. The molecule has 0 aliphatic rings. The molecule has 5 heteroatoms. The van der Waals surface area contributed by atoms with Crippen molar-refractivity contribution >= 4 is 14.3 Å². The topological polar surface area (TPSA) is 44.8 Å². The summed E-state index contributed by atoms with van der Waals surface area (Å²) in [5.74, 6) is -0.221. The van der Waals surface area contributed by atoms with Crippen molar-refractivity contribution in [1.82, 2.24) is 0 Å². The second kappa shape index (κ2) is 31.0. The largest absolute Gasteiger partial charge is 0.465 e. The molecule has 0 radical (unpaired) electrons. The Labute approximate surface area is 330 Å². The third kappa shape index (κ3) is 25.5. The van der Waals surface area contributed by atoms with Gasteiger partial charge in [-0.15, -0.1) is 0 Å². The van der Waals surface area contributed by atoms with Crippen molar-refractivity contribution in [3.63, 3.8) is 0 Å². The van der Waals surface area contributed by atoms with Crippen molar-refractivity contribution in [1.29, 1.82) is 0 Å². The van der Waals surface area contributed by atoms with E-state index in [1.807, 2.05) is 20.8 Å². The molecule has 0 aromatic carbocycles. The summed E-state index contributed by atoms with van der Waals surface area (Å²) in [5, 5.41) is -0.900. The van der Waals surface area contributed by atoms with E-state index >= 15 is 0 Å². The molecule has 0 atom stereocenters. The van der Waals surface area contributed by atoms with Crippen LogP contribution < -0.4 is 0 Å². The third-order valence-corrected chi connectivity index (χ3v) is 11.6. The maximum absolute atomic E-state index is 13.9. The van der Waals surface area contributed by atoms with Crippen LogP contribution in [-0.2, 0) is 18.6 Å². The predicted octanol–water partition coefficient (Wildman–Crippen LogP) is 15.7. The minimum absolute atomic E-state index is 0.221. The van der Waals surface area contributed by atoms with Gasteiger partial charge in [0.05, 0.1) is 19.8 Å². The first-order valence-electron chi connectivity index (χ1n) is 20.6. The molecule has 0 aliphatic heterocycles. The molecule has 0 aromatic heterocycles. The van der Waals surface area contributed by atoms with E-state index in [4.69, 9.17) is 13.8 Å². The number of carbonyl (C=O) groups is 1. The Morgan fingerprint density at radius 1 is 0.434 bits per heavy atom. The fourth-order valence-corrected chi connectivity index (χ4v) is 7.65. The standard InChI is InChI=1S/C48H81O4P/c1-14-50-47(49)48(53(51-15-2)52-16-3,37-35-45(12)33-21-31-43(10)29-19-27-41(8)25-17-23-39(4)5)38-36-46(13)34-22-32-44(11)30-20-28-42(9)26-18-24-40(6)7/h23-24,27-28,31-32,35-36H,14-22,25-26,29-30,33-34,37-38H2,1-13H3/b41-27+,42-28+,43-31+,44-32+,45-35+,46-36+. The fourth-order valence-electron chi connectivity index (χ4n) is 5.92. The quantitative estimate of drug-likeness (QED) is 0.0434. The van der Waals surface area contributed by atoms with Gasteiger partial charge in [0.2, 0.25) is 0 Å². The monoisotopic (exact) mass is 753 g/mol. The Balaban J connectivity index is 5.68. The van der Waals surface area contributed by atoms with Gasteiger partial charge in [-0.05, 0) is 180 Å². The summed E-state index contributed by atoms with van der Waals surface area (Å²) >= 11 is 0. The second-order valence-electron chi connectivity index (χ2n) is 15.4. The van der Waals surface area contributed by atoms with E-state index in [1.165, 1.54) is 44.6 Å². The van der Waals surface area contributed by atoms with Crippen LogP contribution in [-0.4, -0.2) is 30.9 Å². The Morgan fingerprint density at radius 2 is 0.717 bits per heavy atom. The van der Waals surface area contributed by atoms with E-state index in [0.717, 1.165) is 77.0 Å². The van der Waals surface area contributed by atoms with Gasteiger partial charge < -0.3 is 13.8 Å². The van der Waals surface area contributed by atoms with E-state index in [0.29, 0.717) is 32.7 Å². The lowest BCUT2D eigenvalue weighted by molar-refractivity contribution is -0.146. The molecule has 0 unspecified atom stereocenters. The summed E-state index contributed by atoms with van der Waals surface area (Å²) < 4.78 is 18.2. The fraction of sp³-hybridized carbons (Fsp3) is 0.646. The van der Waals surface area contributed by atoms with Crippen LogP contribution in [0.15, 0.2) is 93.2 Å². The van der Waals surface area contributed by atoms with Crippen LogP contribution in [0, 0.1) is 0 Å². The summed E-state index contributed by atoms with van der Waals surface area (Å²) in [6, 6.07) is 0. The van der Waals surface area contributed by atoms with Crippen LogP contribution in [0.5, 0.6) is 0 Å². The first-order chi connectivity index (χ1) is 25.2. The minimum Gasteiger partial charge on any atom is -0.465 e. The Morgan fingerprint density at radius 3 is 0.981 bits per heavy atom. The van der Waals surface area contributed by atoms with Gasteiger partial charge >= 0.3 is 5.97 Å². The predicted molar refractivity (Wildman–Crippen MR) is 236 cm³/mol. The molecule has 0 aliphatic carbocycles. The zero-order valence-corrected chi connectivity index (χ0v) is 37.6. The molecule has 0 saturated carbocycles. The lowest BCUT2D eigenvalue weighted by Gasteiger charge is -2.35. The van der Waals surface area contributed by atoms with Crippen LogP contribution in [0.2, 0.25) is 0 Å². The molecule has 0 bridgehead atoms. The Kier molecular flexibility index (Phi) is 29.7. The number of rotatable bonds is 29. The highest BCUT2D eigenvalue weighted by Gasteiger charge is 2.48. The summed E-state index contributed by atoms with van der Waals surface area (Å²) in [7, 11) is -1.51. The second-order valence-corrected chi connectivity index (χ2v) is 17.2. The number of carbonyl (C=O) groups excluding carboxylic acids is 1. The minimum atomic E-state index is -1.51. The number of allylic oxidation sites excluding steroid dienone is 16. The normalized spacial score (nSPS) is 13.8. The van der Waals surface area contributed by atoms with Crippen LogP contribution in [0.25, 0.3) is 0 Å². The van der Waals surface area contributed by atoms with Gasteiger partial charge in [-0.2, -0.15) is 0 Å². The van der Waals surface area contributed by atoms with Gasteiger partial charge in [0.15, 0.2) is 8.38 Å². The molecule has 0 saturated heterocycles. The third-order valence-electron chi connectivity index (χ3n) is 9.38. The molecule has 0 amide bonds.